The van der Waals surface area contributed by atoms with Crippen LogP contribution in [0.25, 0.3) is 11.0 Å². The van der Waals surface area contributed by atoms with Gasteiger partial charge in [-0.15, -0.1) is 6.58 Å². The number of nitrogens with zero attached hydrogens (tertiary/aromatic N) is 1. The molecule has 0 spiro atoms. The Morgan fingerprint density at radius 1 is 1.15 bits per heavy atom. The van der Waals surface area contributed by atoms with Crippen molar-refractivity contribution in [2.24, 2.45) is 5.10 Å². The van der Waals surface area contributed by atoms with Crippen molar-refractivity contribution in [2.45, 2.75) is 13.0 Å². The van der Waals surface area contributed by atoms with Gasteiger partial charge in [0.1, 0.15) is 23.8 Å². The summed E-state index contributed by atoms with van der Waals surface area (Å²) in [6.07, 6.45) is 3.85. The number of carbonyl (C=O) groups excluding carboxylic acids is 1. The second-order valence-electron chi connectivity index (χ2n) is 7.39. The zero-order valence-corrected chi connectivity index (χ0v) is 21.0. The molecule has 0 aliphatic heterocycles. The van der Waals surface area contributed by atoms with Crippen LogP contribution >= 0.6 is 31.9 Å². The summed E-state index contributed by atoms with van der Waals surface area (Å²) in [5.41, 5.74) is 5.44. The topological polar surface area (TPSA) is 63.8 Å². The SMILES string of the molecule is C=CCc1cc(/C=N/NC(=O)c2cc3cc(Br)ccc3o2)cc(Br)c1OCc1cccc(F)c1. The van der Waals surface area contributed by atoms with Gasteiger partial charge >= 0.3 is 5.91 Å². The van der Waals surface area contributed by atoms with Crippen LogP contribution in [0.3, 0.4) is 0 Å². The molecule has 0 unspecified atom stereocenters. The number of carbonyl (C=O) groups is 1. The molecule has 0 fully saturated rings. The number of allylic oxidation sites excluding steroid dienone is 1. The van der Waals surface area contributed by atoms with Gasteiger partial charge in [0.25, 0.3) is 0 Å². The predicted octanol–water partition coefficient (Wildman–Crippen LogP) is 7.17. The highest BCUT2D eigenvalue weighted by Gasteiger charge is 2.13. The first-order valence-corrected chi connectivity index (χ1v) is 11.8. The number of nitrogens with one attached hydrogen (secondary N) is 1. The van der Waals surface area contributed by atoms with Gasteiger partial charge in [0.05, 0.1) is 10.7 Å². The number of hydrogen-bond acceptors (Lipinski definition) is 4. The normalized spacial score (nSPS) is 11.1. The number of furan rings is 1. The molecule has 0 saturated heterocycles. The fraction of sp³-hybridized carbons (Fsp3) is 0.0769. The van der Waals surface area contributed by atoms with Crippen molar-refractivity contribution in [3.63, 3.8) is 0 Å². The summed E-state index contributed by atoms with van der Waals surface area (Å²) >= 11 is 6.94. The largest absolute Gasteiger partial charge is 0.487 e. The first-order valence-electron chi connectivity index (χ1n) is 10.3. The van der Waals surface area contributed by atoms with Crippen molar-refractivity contribution in [3.8, 4) is 5.75 Å². The van der Waals surface area contributed by atoms with E-state index in [1.807, 2.05) is 24.3 Å². The average Bonchev–Trinajstić information content (AvgIpc) is 3.22. The van der Waals surface area contributed by atoms with E-state index >= 15 is 0 Å². The molecule has 0 aliphatic rings. The van der Waals surface area contributed by atoms with E-state index < -0.39 is 5.91 Å². The monoisotopic (exact) mass is 584 g/mol. The maximum atomic E-state index is 13.4. The lowest BCUT2D eigenvalue weighted by Gasteiger charge is -2.14. The van der Waals surface area contributed by atoms with Gasteiger partial charge in [-0.05, 0) is 87.6 Å². The lowest BCUT2D eigenvalue weighted by atomic mass is 10.1. The Kier molecular flexibility index (Phi) is 7.59. The minimum absolute atomic E-state index is 0.167. The van der Waals surface area contributed by atoms with Gasteiger partial charge in [-0.3, -0.25) is 4.79 Å². The standard InChI is InChI=1S/C26H19Br2FN2O3/c1-2-4-18-9-17(11-22(28)25(18)33-15-16-5-3-6-21(29)10-16)14-30-31-26(32)24-13-19-12-20(27)7-8-23(19)34-24/h2-3,5-14H,1,4,15H2,(H,31,32)/b30-14+. The van der Waals surface area contributed by atoms with Gasteiger partial charge in [-0.25, -0.2) is 9.82 Å². The molecule has 0 saturated carbocycles. The van der Waals surface area contributed by atoms with Crippen molar-refractivity contribution in [1.82, 2.24) is 5.43 Å². The van der Waals surface area contributed by atoms with E-state index in [2.05, 4.69) is 49.0 Å². The van der Waals surface area contributed by atoms with Crippen LogP contribution in [0.4, 0.5) is 4.39 Å². The second kappa shape index (κ2) is 10.8. The Labute approximate surface area is 212 Å². The molecule has 4 rings (SSSR count). The third kappa shape index (κ3) is 5.81. The molecule has 1 amide bonds. The Bertz CT molecular complexity index is 1400. The molecule has 4 aromatic rings. The molecular weight excluding hydrogens is 567 g/mol. The van der Waals surface area contributed by atoms with E-state index in [-0.39, 0.29) is 18.2 Å². The van der Waals surface area contributed by atoms with Crippen LogP contribution < -0.4 is 10.2 Å². The van der Waals surface area contributed by atoms with Crippen LogP contribution in [-0.2, 0) is 13.0 Å². The summed E-state index contributed by atoms with van der Waals surface area (Å²) in [5.74, 6) is 0.0401. The van der Waals surface area contributed by atoms with E-state index in [0.717, 1.165) is 26.5 Å². The molecule has 1 aromatic heterocycles. The zero-order chi connectivity index (χ0) is 24.1. The van der Waals surface area contributed by atoms with Gasteiger partial charge in [0.15, 0.2) is 5.76 Å². The third-order valence-corrected chi connectivity index (χ3v) is 5.94. The minimum Gasteiger partial charge on any atom is -0.487 e. The van der Waals surface area contributed by atoms with Crippen LogP contribution in [0, 0.1) is 5.82 Å². The first-order chi connectivity index (χ1) is 16.4. The van der Waals surface area contributed by atoms with Gasteiger partial charge < -0.3 is 9.15 Å². The molecule has 3 aromatic carbocycles. The molecule has 0 atom stereocenters. The fourth-order valence-electron chi connectivity index (χ4n) is 3.35. The summed E-state index contributed by atoms with van der Waals surface area (Å²) in [7, 11) is 0. The maximum Gasteiger partial charge on any atom is 0.307 e. The van der Waals surface area contributed by atoms with Crippen LogP contribution in [0.1, 0.15) is 27.2 Å². The fourth-order valence-corrected chi connectivity index (χ4v) is 4.36. The summed E-state index contributed by atoms with van der Waals surface area (Å²) in [4.78, 5) is 12.4. The zero-order valence-electron chi connectivity index (χ0n) is 17.9. The summed E-state index contributed by atoms with van der Waals surface area (Å²) in [6, 6.07) is 17.1. The average molecular weight is 586 g/mol. The van der Waals surface area contributed by atoms with Crippen LogP contribution in [0.15, 0.2) is 91.8 Å². The van der Waals surface area contributed by atoms with Gasteiger partial charge in [-0.2, -0.15) is 5.10 Å². The van der Waals surface area contributed by atoms with E-state index in [9.17, 15) is 9.18 Å². The summed E-state index contributed by atoms with van der Waals surface area (Å²) in [5, 5.41) is 4.87. The molecular formula is C26H19Br2FN2O3. The number of hydrazone groups is 1. The number of fused-ring (bicyclic) bond motifs is 1. The Balaban J connectivity index is 1.47. The molecule has 0 aliphatic carbocycles. The highest BCUT2D eigenvalue weighted by atomic mass is 79.9. The van der Waals surface area contributed by atoms with Crippen molar-refractivity contribution in [2.75, 3.05) is 0 Å². The Hall–Kier alpha value is -3.23. The molecule has 172 valence electrons. The van der Waals surface area contributed by atoms with Crippen molar-refractivity contribution >= 4 is 55.0 Å². The lowest BCUT2D eigenvalue weighted by molar-refractivity contribution is 0.0929. The van der Waals surface area contributed by atoms with Gasteiger partial charge in [-0.1, -0.05) is 34.1 Å². The van der Waals surface area contributed by atoms with Crippen LogP contribution in [0.5, 0.6) is 5.75 Å². The van der Waals surface area contributed by atoms with E-state index in [1.54, 1.807) is 30.3 Å². The van der Waals surface area contributed by atoms with Gasteiger partial charge in [0, 0.05) is 9.86 Å². The molecule has 0 bridgehead atoms. The highest BCUT2D eigenvalue weighted by molar-refractivity contribution is 9.10. The van der Waals surface area contributed by atoms with Crippen molar-refractivity contribution < 1.29 is 18.3 Å². The Morgan fingerprint density at radius 3 is 2.79 bits per heavy atom. The van der Waals surface area contributed by atoms with Crippen LogP contribution in [-0.4, -0.2) is 12.1 Å². The van der Waals surface area contributed by atoms with E-state index in [4.69, 9.17) is 9.15 Å². The highest BCUT2D eigenvalue weighted by Crippen LogP contribution is 2.32. The minimum atomic E-state index is -0.455. The van der Waals surface area contributed by atoms with Crippen LogP contribution in [0.2, 0.25) is 0 Å². The number of rotatable bonds is 8. The number of ether oxygens (including phenoxy) is 1. The Morgan fingerprint density at radius 2 is 2.00 bits per heavy atom. The molecule has 1 N–H and O–H groups in total. The van der Waals surface area contributed by atoms with E-state index in [1.165, 1.54) is 18.3 Å². The summed E-state index contributed by atoms with van der Waals surface area (Å²) in [6.45, 7) is 4.02. The molecule has 5 nitrogen and oxygen atoms in total. The molecule has 34 heavy (non-hydrogen) atoms. The first kappa shape index (κ1) is 23.9. The molecule has 0 radical (unpaired) electrons. The number of hydrogen-bond donors (Lipinski definition) is 1. The third-order valence-electron chi connectivity index (χ3n) is 4.86. The second-order valence-corrected chi connectivity index (χ2v) is 9.16. The molecule has 8 heteroatoms. The lowest BCUT2D eigenvalue weighted by Crippen LogP contribution is -2.16. The van der Waals surface area contributed by atoms with Crippen molar-refractivity contribution in [3.05, 3.63) is 111 Å². The summed E-state index contributed by atoms with van der Waals surface area (Å²) < 4.78 is 26.6. The van der Waals surface area contributed by atoms with Gasteiger partial charge in [0.2, 0.25) is 0 Å². The number of amides is 1. The molecule has 1 heterocycles. The van der Waals surface area contributed by atoms with Crippen molar-refractivity contribution in [1.29, 1.82) is 0 Å². The maximum absolute atomic E-state index is 13.4. The number of halogens is 3. The quantitative estimate of drug-likeness (QED) is 0.135. The number of benzene rings is 3. The smallest absolute Gasteiger partial charge is 0.307 e. The predicted molar refractivity (Wildman–Crippen MR) is 138 cm³/mol. The van der Waals surface area contributed by atoms with E-state index in [0.29, 0.717) is 22.2 Å².